The monoisotopic (exact) mass is 447 g/mol. The third-order valence-electron chi connectivity index (χ3n) is 5.48. The van der Waals surface area contributed by atoms with Crippen LogP contribution < -0.4 is 5.32 Å². The van der Waals surface area contributed by atoms with Crippen LogP contribution in [0.15, 0.2) is 29.9 Å². The van der Waals surface area contributed by atoms with Crippen LogP contribution in [0.4, 0.5) is 14.6 Å². The van der Waals surface area contributed by atoms with Crippen molar-refractivity contribution in [2.75, 3.05) is 18.5 Å². The van der Waals surface area contributed by atoms with E-state index in [4.69, 9.17) is 0 Å². The van der Waals surface area contributed by atoms with Gasteiger partial charge in [-0.25, -0.2) is 18.7 Å². The van der Waals surface area contributed by atoms with Crippen LogP contribution in [0.5, 0.6) is 0 Å². The van der Waals surface area contributed by atoms with Crippen molar-refractivity contribution in [2.24, 2.45) is 5.92 Å². The molecule has 0 spiro atoms. The van der Waals surface area contributed by atoms with Gasteiger partial charge in [0.05, 0.1) is 31.1 Å². The summed E-state index contributed by atoms with van der Waals surface area (Å²) in [4.78, 5) is 34.3. The second-order valence-corrected chi connectivity index (χ2v) is 8.80. The van der Waals surface area contributed by atoms with Crippen LogP contribution in [-0.4, -0.2) is 61.3 Å². The lowest BCUT2D eigenvalue weighted by Crippen LogP contribution is -2.38. The number of pyridine rings is 1. The molecule has 11 heteroatoms. The number of carbonyl (C=O) groups excluding carboxylic acids is 2. The summed E-state index contributed by atoms with van der Waals surface area (Å²) in [6, 6.07) is 2.64. The Balaban J connectivity index is 1.36. The van der Waals surface area contributed by atoms with Gasteiger partial charge in [-0.05, 0) is 25.0 Å². The molecule has 1 saturated heterocycles. The van der Waals surface area contributed by atoms with Crippen molar-refractivity contribution in [3.8, 4) is 11.3 Å². The summed E-state index contributed by atoms with van der Waals surface area (Å²) in [6.07, 6.45) is 4.74. The van der Waals surface area contributed by atoms with Crippen LogP contribution in [-0.2, 0) is 4.79 Å². The molecule has 0 aromatic carbocycles. The number of imidazole rings is 1. The van der Waals surface area contributed by atoms with Crippen LogP contribution in [0.1, 0.15) is 29.1 Å². The van der Waals surface area contributed by atoms with Crippen LogP contribution in [0.2, 0.25) is 0 Å². The lowest BCUT2D eigenvalue weighted by atomic mass is 10.2. The predicted octanol–water partition coefficient (Wildman–Crippen LogP) is 2.65. The van der Waals surface area contributed by atoms with Gasteiger partial charge >= 0.3 is 0 Å². The Morgan fingerprint density at radius 3 is 2.81 bits per heavy atom. The first-order valence-corrected chi connectivity index (χ1v) is 10.8. The molecule has 2 fully saturated rings. The Labute approximate surface area is 179 Å². The van der Waals surface area contributed by atoms with E-state index in [-0.39, 0.29) is 16.8 Å². The van der Waals surface area contributed by atoms with Crippen molar-refractivity contribution in [3.63, 3.8) is 0 Å². The maximum atomic E-state index is 13.7. The number of amides is 2. The molecule has 1 aliphatic heterocycles. The number of hydrogen-bond acceptors (Lipinski definition) is 6. The van der Waals surface area contributed by atoms with E-state index in [0.29, 0.717) is 22.7 Å². The number of carbonyl (C=O) groups is 2. The van der Waals surface area contributed by atoms with E-state index in [1.54, 1.807) is 34.3 Å². The Kier molecular flexibility index (Phi) is 4.74. The van der Waals surface area contributed by atoms with Crippen LogP contribution in [0.25, 0.3) is 16.9 Å². The molecule has 2 amide bonds. The van der Waals surface area contributed by atoms with Gasteiger partial charge in [-0.15, -0.1) is 11.3 Å². The fourth-order valence-corrected chi connectivity index (χ4v) is 4.48. The average Bonchev–Trinajstić information content (AvgIpc) is 3.20. The Bertz CT molecular complexity index is 1170. The Morgan fingerprint density at radius 1 is 1.26 bits per heavy atom. The number of rotatable bonds is 5. The second kappa shape index (κ2) is 7.34. The lowest BCUT2D eigenvalue weighted by Gasteiger charge is -2.20. The molecule has 0 radical (unpaired) electrons. The molecule has 1 saturated carbocycles. The molecular formula is C20H19F2N5O3S. The van der Waals surface area contributed by atoms with E-state index in [2.05, 4.69) is 15.3 Å². The number of aliphatic hydroxyl groups is 1. The SMILES string of the molecule is O=C(Nc1cn2cc(-c3csc(C(=O)N4CC(F)(F)CC4CO)n3)ccc2n1)C1CC1. The summed E-state index contributed by atoms with van der Waals surface area (Å²) in [5.41, 5.74) is 1.89. The fourth-order valence-electron chi connectivity index (χ4n) is 3.70. The number of aromatic nitrogens is 3. The smallest absolute Gasteiger partial charge is 0.283 e. The highest BCUT2D eigenvalue weighted by molar-refractivity contribution is 7.12. The maximum Gasteiger partial charge on any atom is 0.283 e. The van der Waals surface area contributed by atoms with Gasteiger partial charge < -0.3 is 19.7 Å². The molecule has 2 N–H and O–H groups in total. The predicted molar refractivity (Wildman–Crippen MR) is 109 cm³/mol. The van der Waals surface area contributed by atoms with Gasteiger partial charge in [0.25, 0.3) is 11.8 Å². The second-order valence-electron chi connectivity index (χ2n) is 7.94. The highest BCUT2D eigenvalue weighted by Crippen LogP contribution is 2.34. The van der Waals surface area contributed by atoms with Gasteiger partial charge in [-0.1, -0.05) is 0 Å². The molecule has 2 aliphatic rings. The quantitative estimate of drug-likeness (QED) is 0.627. The zero-order valence-electron chi connectivity index (χ0n) is 16.3. The Hall–Kier alpha value is -2.92. The van der Waals surface area contributed by atoms with Crippen LogP contribution >= 0.6 is 11.3 Å². The van der Waals surface area contributed by atoms with Crippen molar-refractivity contribution in [1.82, 2.24) is 19.3 Å². The average molecular weight is 447 g/mol. The van der Waals surface area contributed by atoms with Gasteiger partial charge in [-0.2, -0.15) is 0 Å². The van der Waals surface area contributed by atoms with Gasteiger partial charge in [0, 0.05) is 29.5 Å². The minimum Gasteiger partial charge on any atom is -0.394 e. The topological polar surface area (TPSA) is 99.8 Å². The first-order chi connectivity index (χ1) is 14.8. The normalized spacial score (nSPS) is 20.4. The number of likely N-dealkylation sites (tertiary alicyclic amines) is 1. The van der Waals surface area contributed by atoms with Crippen LogP contribution in [0, 0.1) is 5.92 Å². The first kappa shape index (κ1) is 20.0. The zero-order chi connectivity index (χ0) is 21.8. The fraction of sp³-hybridized carbons (Fsp3) is 0.400. The van der Waals surface area contributed by atoms with E-state index in [1.165, 1.54) is 0 Å². The van der Waals surface area contributed by atoms with Crippen molar-refractivity contribution < 1.29 is 23.5 Å². The van der Waals surface area contributed by atoms with E-state index >= 15 is 0 Å². The van der Waals surface area contributed by atoms with Crippen LogP contribution in [0.3, 0.4) is 0 Å². The van der Waals surface area contributed by atoms with E-state index < -0.39 is 37.4 Å². The molecule has 1 aliphatic carbocycles. The Morgan fingerprint density at radius 2 is 2.06 bits per heavy atom. The molecule has 4 heterocycles. The molecule has 3 aromatic rings. The summed E-state index contributed by atoms with van der Waals surface area (Å²) in [5, 5.41) is 13.9. The number of fused-ring (bicyclic) bond motifs is 1. The van der Waals surface area contributed by atoms with Crippen molar-refractivity contribution >= 4 is 34.6 Å². The van der Waals surface area contributed by atoms with Gasteiger partial charge in [0.2, 0.25) is 5.91 Å². The van der Waals surface area contributed by atoms with Gasteiger partial charge in [-0.3, -0.25) is 9.59 Å². The highest BCUT2D eigenvalue weighted by atomic mass is 32.1. The van der Waals surface area contributed by atoms with E-state index in [9.17, 15) is 23.5 Å². The van der Waals surface area contributed by atoms with Crippen molar-refractivity contribution in [3.05, 3.63) is 34.9 Å². The maximum absolute atomic E-state index is 13.7. The molecule has 8 nitrogen and oxygen atoms in total. The molecule has 1 atom stereocenters. The minimum atomic E-state index is -3.01. The van der Waals surface area contributed by atoms with Crippen molar-refractivity contribution in [1.29, 1.82) is 0 Å². The first-order valence-electron chi connectivity index (χ1n) is 9.88. The zero-order valence-corrected chi connectivity index (χ0v) is 17.1. The van der Waals surface area contributed by atoms with Gasteiger partial charge in [0.15, 0.2) is 10.8 Å². The molecule has 0 bridgehead atoms. The number of halogens is 2. The molecule has 1 unspecified atom stereocenters. The number of thiazole rings is 1. The molecular weight excluding hydrogens is 428 g/mol. The largest absolute Gasteiger partial charge is 0.394 e. The standard InChI is InChI=1S/C20H19F2N5O3S/c21-20(22)5-13(8-28)27(10-20)19(30)18-23-14(9-31-18)12-3-4-16-24-15(7-26(16)6-12)25-17(29)11-1-2-11/h3-4,6-7,9,11,13,28H,1-2,5,8,10H2,(H,25,29). The summed E-state index contributed by atoms with van der Waals surface area (Å²) in [7, 11) is 0. The lowest BCUT2D eigenvalue weighted by molar-refractivity contribution is -0.117. The number of anilines is 1. The number of aliphatic hydroxyl groups excluding tert-OH is 1. The summed E-state index contributed by atoms with van der Waals surface area (Å²) < 4.78 is 29.1. The summed E-state index contributed by atoms with van der Waals surface area (Å²) in [6.45, 7) is -1.24. The number of nitrogens with zero attached hydrogens (tertiary/aromatic N) is 4. The molecule has 31 heavy (non-hydrogen) atoms. The minimum absolute atomic E-state index is 0.0278. The molecule has 3 aromatic heterocycles. The van der Waals surface area contributed by atoms with Crippen molar-refractivity contribution in [2.45, 2.75) is 31.2 Å². The summed E-state index contributed by atoms with van der Waals surface area (Å²) >= 11 is 1.07. The number of hydrogen-bond donors (Lipinski definition) is 2. The van der Waals surface area contributed by atoms with Gasteiger partial charge in [0.1, 0.15) is 5.65 Å². The summed E-state index contributed by atoms with van der Waals surface area (Å²) in [5.74, 6) is -3.11. The number of nitrogens with one attached hydrogen (secondary N) is 1. The number of alkyl halides is 2. The van der Waals surface area contributed by atoms with E-state index in [0.717, 1.165) is 29.1 Å². The molecule has 162 valence electrons. The molecule has 5 rings (SSSR count). The van der Waals surface area contributed by atoms with E-state index in [1.807, 2.05) is 0 Å². The highest BCUT2D eigenvalue weighted by Gasteiger charge is 2.47. The third-order valence-corrected chi connectivity index (χ3v) is 6.31. The third kappa shape index (κ3) is 3.90.